The molecular formula is C4H9O8P. The SMILES string of the molecule is O=C(CO)OP(=O)(O)O.O=CCO. The van der Waals surface area contributed by atoms with E-state index in [9.17, 15) is 9.36 Å². The summed E-state index contributed by atoms with van der Waals surface area (Å²) in [5.74, 6) is -1.34. The molecule has 0 fully saturated rings. The Bertz CT molecular complexity index is 194. The third-order valence-corrected chi connectivity index (χ3v) is 0.866. The van der Waals surface area contributed by atoms with E-state index >= 15 is 0 Å². The van der Waals surface area contributed by atoms with Crippen molar-refractivity contribution in [1.82, 2.24) is 0 Å². The number of aliphatic hydroxyl groups excluding tert-OH is 2. The third-order valence-electron chi connectivity index (χ3n) is 0.424. The van der Waals surface area contributed by atoms with E-state index < -0.39 is 20.4 Å². The molecule has 0 amide bonds. The number of aliphatic hydroxyl groups is 2. The molecule has 0 unspecified atom stereocenters. The van der Waals surface area contributed by atoms with Gasteiger partial charge in [0.2, 0.25) is 0 Å². The summed E-state index contributed by atoms with van der Waals surface area (Å²) in [6, 6.07) is 0. The third kappa shape index (κ3) is 18.3. The molecule has 0 heterocycles. The minimum absolute atomic E-state index is 0.361. The molecule has 0 spiro atoms. The van der Waals surface area contributed by atoms with Crippen LogP contribution in [0.3, 0.4) is 0 Å². The highest BCUT2D eigenvalue weighted by molar-refractivity contribution is 7.46. The van der Waals surface area contributed by atoms with Crippen LogP contribution in [0, 0.1) is 0 Å². The van der Waals surface area contributed by atoms with Gasteiger partial charge in [-0.1, -0.05) is 0 Å². The van der Waals surface area contributed by atoms with E-state index in [4.69, 9.17) is 24.8 Å². The van der Waals surface area contributed by atoms with Crippen molar-refractivity contribution in [3.8, 4) is 0 Å². The molecule has 0 aliphatic carbocycles. The maximum absolute atomic E-state index is 9.86. The molecule has 0 aliphatic heterocycles. The van der Waals surface area contributed by atoms with Gasteiger partial charge in [0.1, 0.15) is 12.9 Å². The van der Waals surface area contributed by atoms with E-state index in [1.807, 2.05) is 0 Å². The van der Waals surface area contributed by atoms with Crippen LogP contribution in [0.2, 0.25) is 0 Å². The first-order valence-corrected chi connectivity index (χ1v) is 4.33. The highest BCUT2D eigenvalue weighted by atomic mass is 31.2. The molecule has 0 rings (SSSR count). The van der Waals surface area contributed by atoms with Gasteiger partial charge in [-0.3, -0.25) is 9.79 Å². The van der Waals surface area contributed by atoms with Crippen LogP contribution >= 0.6 is 7.82 Å². The van der Waals surface area contributed by atoms with Gasteiger partial charge >= 0.3 is 13.8 Å². The maximum atomic E-state index is 9.86. The van der Waals surface area contributed by atoms with Gasteiger partial charge in [-0.25, -0.2) is 9.36 Å². The highest BCUT2D eigenvalue weighted by Gasteiger charge is 2.18. The minimum atomic E-state index is -4.75. The average Bonchev–Trinajstić information content (AvgIpc) is 2.02. The number of phosphoric ester groups is 1. The predicted molar refractivity (Wildman–Crippen MR) is 38.4 cm³/mol. The fourth-order valence-electron chi connectivity index (χ4n) is 0.162. The number of carbonyl (C=O) groups is 2. The molecule has 0 aromatic heterocycles. The van der Waals surface area contributed by atoms with Gasteiger partial charge in [-0.05, 0) is 0 Å². The lowest BCUT2D eigenvalue weighted by molar-refractivity contribution is -0.138. The van der Waals surface area contributed by atoms with Crippen LogP contribution < -0.4 is 0 Å². The molecule has 0 bridgehead atoms. The van der Waals surface area contributed by atoms with Gasteiger partial charge in [0, 0.05) is 0 Å². The Labute approximate surface area is 73.0 Å². The summed E-state index contributed by atoms with van der Waals surface area (Å²) < 4.78 is 13.1. The summed E-state index contributed by atoms with van der Waals surface area (Å²) in [4.78, 5) is 34.5. The molecule has 4 N–H and O–H groups in total. The maximum Gasteiger partial charge on any atom is 0.527 e. The topological polar surface area (TPSA) is 141 Å². The van der Waals surface area contributed by atoms with E-state index in [1.54, 1.807) is 0 Å². The number of hydrogen-bond acceptors (Lipinski definition) is 6. The van der Waals surface area contributed by atoms with Crippen molar-refractivity contribution in [2.75, 3.05) is 13.2 Å². The minimum Gasteiger partial charge on any atom is -0.389 e. The molecule has 0 radical (unpaired) electrons. The molecule has 0 saturated heterocycles. The Balaban J connectivity index is 0. The zero-order valence-electron chi connectivity index (χ0n) is 6.36. The number of phosphoric acid groups is 1. The predicted octanol–water partition coefficient (Wildman–Crippen LogP) is -2.21. The lowest BCUT2D eigenvalue weighted by atomic mass is 10.8. The van der Waals surface area contributed by atoms with E-state index in [0.717, 1.165) is 0 Å². The van der Waals surface area contributed by atoms with Crippen molar-refractivity contribution in [1.29, 1.82) is 0 Å². The van der Waals surface area contributed by atoms with Crippen LogP contribution in [-0.4, -0.2) is 45.5 Å². The molecule has 0 atom stereocenters. The molecular weight excluding hydrogens is 207 g/mol. The Morgan fingerprint density at radius 3 is 1.85 bits per heavy atom. The molecule has 78 valence electrons. The molecule has 0 aliphatic rings. The Morgan fingerprint density at radius 1 is 1.38 bits per heavy atom. The lowest BCUT2D eigenvalue weighted by Gasteiger charge is -2.00. The summed E-state index contributed by atoms with van der Waals surface area (Å²) in [6.45, 7) is -1.40. The van der Waals surface area contributed by atoms with E-state index in [2.05, 4.69) is 4.52 Å². The van der Waals surface area contributed by atoms with Crippen LogP contribution in [-0.2, 0) is 18.7 Å². The van der Waals surface area contributed by atoms with Crippen LogP contribution in [0.25, 0.3) is 0 Å². The zero-order valence-corrected chi connectivity index (χ0v) is 7.26. The smallest absolute Gasteiger partial charge is 0.389 e. The Hall–Kier alpha value is -0.790. The van der Waals surface area contributed by atoms with E-state index in [-0.39, 0.29) is 6.61 Å². The van der Waals surface area contributed by atoms with Gasteiger partial charge < -0.3 is 19.5 Å². The summed E-state index contributed by atoms with van der Waals surface area (Å²) in [5, 5.41) is 15.4. The Morgan fingerprint density at radius 2 is 1.77 bits per heavy atom. The highest BCUT2D eigenvalue weighted by Crippen LogP contribution is 2.35. The van der Waals surface area contributed by atoms with Gasteiger partial charge in [-0.2, -0.15) is 0 Å². The van der Waals surface area contributed by atoms with Crippen LogP contribution in [0.5, 0.6) is 0 Å². The van der Waals surface area contributed by atoms with Crippen LogP contribution in [0.15, 0.2) is 0 Å². The van der Waals surface area contributed by atoms with Crippen molar-refractivity contribution < 1.29 is 38.7 Å². The lowest BCUT2D eigenvalue weighted by Crippen LogP contribution is -2.06. The van der Waals surface area contributed by atoms with Crippen molar-refractivity contribution in [3.63, 3.8) is 0 Å². The van der Waals surface area contributed by atoms with Crippen molar-refractivity contribution >= 4 is 20.1 Å². The number of rotatable bonds is 3. The quantitative estimate of drug-likeness (QED) is 0.307. The first kappa shape index (κ1) is 14.7. The number of aldehydes is 1. The van der Waals surface area contributed by atoms with E-state index in [0.29, 0.717) is 6.29 Å². The van der Waals surface area contributed by atoms with Crippen LogP contribution in [0.1, 0.15) is 0 Å². The second-order valence-corrected chi connectivity index (χ2v) is 2.62. The molecule has 0 aromatic rings. The molecule has 8 nitrogen and oxygen atoms in total. The summed E-state index contributed by atoms with van der Waals surface area (Å²) in [5.41, 5.74) is 0. The second kappa shape index (κ2) is 7.84. The van der Waals surface area contributed by atoms with Gasteiger partial charge in [0.15, 0.2) is 0 Å². The van der Waals surface area contributed by atoms with Gasteiger partial charge in [0.25, 0.3) is 0 Å². The molecule has 9 heteroatoms. The first-order valence-electron chi connectivity index (χ1n) is 2.80. The summed E-state index contributed by atoms with van der Waals surface area (Å²) >= 11 is 0. The fourth-order valence-corrected chi connectivity index (χ4v) is 0.485. The molecule has 0 aromatic carbocycles. The average molecular weight is 216 g/mol. The fraction of sp³-hybridized carbons (Fsp3) is 0.500. The Kier molecular flexibility index (Phi) is 8.87. The normalized spacial score (nSPS) is 9.54. The first-order chi connectivity index (χ1) is 5.87. The van der Waals surface area contributed by atoms with Crippen molar-refractivity contribution in [2.24, 2.45) is 0 Å². The van der Waals surface area contributed by atoms with Crippen molar-refractivity contribution in [3.05, 3.63) is 0 Å². The number of carbonyl (C=O) groups excluding carboxylic acids is 2. The largest absolute Gasteiger partial charge is 0.527 e. The number of hydrogen-bond donors (Lipinski definition) is 4. The molecule has 0 saturated carbocycles. The summed E-state index contributed by atoms with van der Waals surface area (Å²) in [7, 11) is -4.75. The monoisotopic (exact) mass is 216 g/mol. The van der Waals surface area contributed by atoms with E-state index in [1.165, 1.54) is 0 Å². The molecule has 13 heavy (non-hydrogen) atoms. The van der Waals surface area contributed by atoms with Gasteiger partial charge in [0.05, 0.1) is 6.61 Å². The second-order valence-electron chi connectivity index (χ2n) is 1.46. The standard InChI is InChI=1S/C2H5O6P.C2H4O2/c3-1-2(4)8-9(5,6)7;3-1-2-4/h3H,1H2,(H2,5,6,7);1,4H,2H2. The summed E-state index contributed by atoms with van der Waals surface area (Å²) in [6.07, 6.45) is 0.431. The van der Waals surface area contributed by atoms with Crippen molar-refractivity contribution in [2.45, 2.75) is 0 Å². The van der Waals surface area contributed by atoms with Crippen LogP contribution in [0.4, 0.5) is 0 Å². The zero-order chi connectivity index (χ0) is 10.9. The van der Waals surface area contributed by atoms with Gasteiger partial charge in [-0.15, -0.1) is 0 Å².